The highest BCUT2D eigenvalue weighted by Gasteiger charge is 2.60. The van der Waals surface area contributed by atoms with Gasteiger partial charge in [-0.3, -0.25) is 19.3 Å². The fourth-order valence-corrected chi connectivity index (χ4v) is 5.03. The van der Waals surface area contributed by atoms with Crippen LogP contribution in [0, 0.1) is 30.6 Å². The van der Waals surface area contributed by atoms with Crippen molar-refractivity contribution in [3.63, 3.8) is 0 Å². The molecule has 25 heavy (non-hydrogen) atoms. The van der Waals surface area contributed by atoms with Gasteiger partial charge in [0.25, 0.3) is 0 Å². The van der Waals surface area contributed by atoms with Crippen LogP contribution in [-0.4, -0.2) is 29.2 Å². The van der Waals surface area contributed by atoms with Crippen LogP contribution in [0.2, 0.25) is 5.02 Å². The number of halogens is 1. The highest BCUT2D eigenvalue weighted by molar-refractivity contribution is 6.31. The molecule has 0 unspecified atom stereocenters. The number of anilines is 1. The largest absolute Gasteiger partial charge is 0.326 e. The van der Waals surface area contributed by atoms with Gasteiger partial charge >= 0.3 is 0 Å². The highest BCUT2D eigenvalue weighted by Crippen LogP contribution is 2.56. The maximum absolute atomic E-state index is 12.6. The average molecular weight is 361 g/mol. The molecule has 5 nitrogen and oxygen atoms in total. The van der Waals surface area contributed by atoms with Crippen molar-refractivity contribution in [1.82, 2.24) is 4.90 Å². The van der Waals surface area contributed by atoms with Gasteiger partial charge in [-0.2, -0.15) is 0 Å². The van der Waals surface area contributed by atoms with Crippen molar-refractivity contribution >= 4 is 35.0 Å². The molecule has 3 fully saturated rings. The summed E-state index contributed by atoms with van der Waals surface area (Å²) in [6.45, 7) is 2.00. The van der Waals surface area contributed by atoms with Gasteiger partial charge in [0.1, 0.15) is 0 Å². The van der Waals surface area contributed by atoms with Gasteiger partial charge in [0.15, 0.2) is 0 Å². The molecule has 1 aromatic rings. The molecule has 0 radical (unpaired) electrons. The lowest BCUT2D eigenvalue weighted by molar-refractivity contribution is -0.140. The molecule has 4 rings (SSSR count). The van der Waals surface area contributed by atoms with E-state index in [4.69, 9.17) is 11.6 Å². The van der Waals surface area contributed by atoms with Crippen molar-refractivity contribution in [2.24, 2.45) is 23.7 Å². The van der Waals surface area contributed by atoms with E-state index in [1.807, 2.05) is 6.92 Å². The maximum Gasteiger partial charge on any atom is 0.233 e. The van der Waals surface area contributed by atoms with Gasteiger partial charge in [-0.1, -0.05) is 17.7 Å². The second kappa shape index (κ2) is 6.13. The Kier molecular flexibility index (Phi) is 4.07. The fourth-order valence-electron chi connectivity index (χ4n) is 4.86. The molecule has 1 aromatic carbocycles. The summed E-state index contributed by atoms with van der Waals surface area (Å²) < 4.78 is 0. The van der Waals surface area contributed by atoms with Crippen molar-refractivity contribution in [2.75, 3.05) is 11.9 Å². The van der Waals surface area contributed by atoms with Gasteiger partial charge in [0.2, 0.25) is 17.7 Å². The Labute approximate surface area is 151 Å². The molecule has 1 N–H and O–H groups in total. The van der Waals surface area contributed by atoms with Crippen LogP contribution in [0.3, 0.4) is 0 Å². The average Bonchev–Trinajstić information content (AvgIpc) is 3.25. The van der Waals surface area contributed by atoms with E-state index in [1.165, 1.54) is 4.90 Å². The number of nitrogens with one attached hydrogen (secondary N) is 1. The lowest BCUT2D eigenvalue weighted by atomic mass is 9.81. The quantitative estimate of drug-likeness (QED) is 0.839. The van der Waals surface area contributed by atoms with E-state index < -0.39 is 0 Å². The Morgan fingerprint density at radius 2 is 1.84 bits per heavy atom. The van der Waals surface area contributed by atoms with Crippen LogP contribution in [0.4, 0.5) is 5.69 Å². The van der Waals surface area contributed by atoms with Gasteiger partial charge < -0.3 is 5.32 Å². The number of imide groups is 1. The first-order valence-corrected chi connectivity index (χ1v) is 9.25. The van der Waals surface area contributed by atoms with E-state index >= 15 is 0 Å². The van der Waals surface area contributed by atoms with Gasteiger partial charge in [-0.05, 0) is 55.7 Å². The standard InChI is InChI=1S/C19H21ClN2O3/c1-10-13(20)3-2-4-14(10)21-15(23)7-8-22-18(24)16-11-5-6-12(9-11)17(16)19(22)25/h2-4,11-12,16-17H,5-9H2,1H3,(H,21,23)/t11-,12-,16+,17+/m1/s1. The molecule has 132 valence electrons. The van der Waals surface area contributed by atoms with Crippen LogP contribution < -0.4 is 5.32 Å². The molecule has 2 aliphatic carbocycles. The van der Waals surface area contributed by atoms with E-state index in [0.717, 1.165) is 24.8 Å². The molecular weight excluding hydrogens is 340 g/mol. The number of likely N-dealkylation sites (tertiary alicyclic amines) is 1. The third kappa shape index (κ3) is 2.65. The van der Waals surface area contributed by atoms with Gasteiger partial charge in [0, 0.05) is 23.7 Å². The van der Waals surface area contributed by atoms with Crippen molar-refractivity contribution < 1.29 is 14.4 Å². The smallest absolute Gasteiger partial charge is 0.233 e. The topological polar surface area (TPSA) is 66.5 Å². The maximum atomic E-state index is 12.6. The number of nitrogens with zero attached hydrogens (tertiary/aromatic N) is 1. The lowest BCUT2D eigenvalue weighted by Crippen LogP contribution is -2.35. The second-order valence-electron chi connectivity index (χ2n) is 7.42. The molecule has 0 aromatic heterocycles. The van der Waals surface area contributed by atoms with E-state index in [-0.39, 0.29) is 42.5 Å². The molecule has 1 saturated heterocycles. The predicted octanol–water partition coefficient (Wildman–Crippen LogP) is 3.01. The van der Waals surface area contributed by atoms with Crippen molar-refractivity contribution in [3.8, 4) is 0 Å². The van der Waals surface area contributed by atoms with Crippen LogP contribution in [0.1, 0.15) is 31.2 Å². The van der Waals surface area contributed by atoms with Crippen LogP contribution in [0.25, 0.3) is 0 Å². The zero-order valence-electron chi connectivity index (χ0n) is 14.1. The molecule has 3 amide bonds. The molecular formula is C19H21ClN2O3. The van der Waals surface area contributed by atoms with Gasteiger partial charge in [-0.25, -0.2) is 0 Å². The van der Waals surface area contributed by atoms with Crippen LogP contribution >= 0.6 is 11.6 Å². The lowest BCUT2D eigenvalue weighted by Gasteiger charge is -2.19. The number of hydrogen-bond donors (Lipinski definition) is 1. The number of benzene rings is 1. The summed E-state index contributed by atoms with van der Waals surface area (Å²) in [7, 11) is 0. The summed E-state index contributed by atoms with van der Waals surface area (Å²) >= 11 is 6.06. The first-order chi connectivity index (χ1) is 12.0. The molecule has 1 aliphatic heterocycles. The van der Waals surface area contributed by atoms with E-state index in [9.17, 15) is 14.4 Å². The summed E-state index contributed by atoms with van der Waals surface area (Å²) in [5.74, 6) is 0.168. The number of carbonyl (C=O) groups excluding carboxylic acids is 3. The molecule has 2 bridgehead atoms. The summed E-state index contributed by atoms with van der Waals surface area (Å²) in [5, 5.41) is 3.40. The minimum atomic E-state index is -0.217. The zero-order chi connectivity index (χ0) is 17.7. The third-order valence-corrected chi connectivity index (χ3v) is 6.53. The first-order valence-electron chi connectivity index (χ1n) is 8.87. The number of fused-ring (bicyclic) bond motifs is 5. The molecule has 0 spiro atoms. The molecule has 3 aliphatic rings. The molecule has 1 heterocycles. The zero-order valence-corrected chi connectivity index (χ0v) is 14.9. The summed E-state index contributed by atoms with van der Waals surface area (Å²) in [6.07, 6.45) is 3.26. The van der Waals surface area contributed by atoms with Crippen LogP contribution in [-0.2, 0) is 14.4 Å². The van der Waals surface area contributed by atoms with Crippen molar-refractivity contribution in [3.05, 3.63) is 28.8 Å². The van der Waals surface area contributed by atoms with Crippen LogP contribution in [0.5, 0.6) is 0 Å². The first kappa shape index (κ1) is 16.6. The van der Waals surface area contributed by atoms with Crippen LogP contribution in [0.15, 0.2) is 18.2 Å². The Morgan fingerprint density at radius 3 is 2.48 bits per heavy atom. The van der Waals surface area contributed by atoms with Gasteiger partial charge in [0.05, 0.1) is 11.8 Å². The van der Waals surface area contributed by atoms with Gasteiger partial charge in [-0.15, -0.1) is 0 Å². The van der Waals surface area contributed by atoms with E-state index in [1.54, 1.807) is 18.2 Å². The highest BCUT2D eigenvalue weighted by atomic mass is 35.5. The Balaban J connectivity index is 1.38. The number of hydrogen-bond acceptors (Lipinski definition) is 3. The Hall–Kier alpha value is -1.88. The minimum absolute atomic E-state index is 0.0612. The fraction of sp³-hybridized carbons (Fsp3) is 0.526. The number of carbonyl (C=O) groups is 3. The third-order valence-electron chi connectivity index (χ3n) is 6.12. The number of amides is 3. The molecule has 6 heteroatoms. The molecule has 4 atom stereocenters. The summed E-state index contributed by atoms with van der Waals surface area (Å²) in [5.41, 5.74) is 1.46. The normalized spacial score (nSPS) is 30.1. The monoisotopic (exact) mass is 360 g/mol. The second-order valence-corrected chi connectivity index (χ2v) is 7.83. The Bertz CT molecular complexity index is 735. The molecule has 2 saturated carbocycles. The SMILES string of the molecule is Cc1c(Cl)cccc1NC(=O)CCN1C(=O)[C@H]2[C@@H]3CC[C@H](C3)[C@@H]2C1=O. The van der Waals surface area contributed by atoms with Crippen molar-refractivity contribution in [1.29, 1.82) is 0 Å². The van der Waals surface area contributed by atoms with E-state index in [0.29, 0.717) is 22.5 Å². The summed E-state index contributed by atoms with van der Waals surface area (Å²) in [4.78, 5) is 38.8. The minimum Gasteiger partial charge on any atom is -0.326 e. The van der Waals surface area contributed by atoms with E-state index in [2.05, 4.69) is 5.32 Å². The van der Waals surface area contributed by atoms with Crippen molar-refractivity contribution in [2.45, 2.75) is 32.6 Å². The number of rotatable bonds is 4. The predicted molar refractivity (Wildman–Crippen MR) is 94.0 cm³/mol. The Morgan fingerprint density at radius 1 is 1.20 bits per heavy atom. The summed E-state index contributed by atoms with van der Waals surface area (Å²) in [6, 6.07) is 5.32.